The molecule has 0 aromatic rings. The first-order valence-corrected chi connectivity index (χ1v) is 8.94. The molecule has 1 aliphatic carbocycles. The molecule has 2 N–H and O–H groups in total. The second-order valence-electron chi connectivity index (χ2n) is 8.00. The molecule has 0 aromatic carbocycles. The predicted molar refractivity (Wildman–Crippen MR) is 92.0 cm³/mol. The van der Waals surface area contributed by atoms with E-state index >= 15 is 0 Å². The van der Waals surface area contributed by atoms with Crippen molar-refractivity contribution in [3.63, 3.8) is 0 Å². The van der Waals surface area contributed by atoms with E-state index in [2.05, 4.69) is 31.4 Å². The van der Waals surface area contributed by atoms with E-state index in [-0.39, 0.29) is 6.09 Å². The summed E-state index contributed by atoms with van der Waals surface area (Å²) in [6.07, 6.45) is 5.80. The number of alkyl carbamates (subject to hydrolysis) is 1. The summed E-state index contributed by atoms with van der Waals surface area (Å²) in [7, 11) is 0. The summed E-state index contributed by atoms with van der Waals surface area (Å²) in [6.45, 7) is 13.2. The van der Waals surface area contributed by atoms with Gasteiger partial charge in [0, 0.05) is 18.6 Å². The van der Waals surface area contributed by atoms with Gasteiger partial charge in [0.05, 0.1) is 0 Å². The minimum absolute atomic E-state index is 0.300. The van der Waals surface area contributed by atoms with Crippen molar-refractivity contribution in [2.75, 3.05) is 6.54 Å². The minimum Gasteiger partial charge on any atom is -0.444 e. The summed E-state index contributed by atoms with van der Waals surface area (Å²) >= 11 is 0. The first kappa shape index (κ1) is 19.3. The molecule has 1 fully saturated rings. The molecule has 0 spiro atoms. The van der Waals surface area contributed by atoms with Crippen molar-refractivity contribution in [3.8, 4) is 0 Å². The summed E-state index contributed by atoms with van der Waals surface area (Å²) in [4.78, 5) is 11.8. The highest BCUT2D eigenvalue weighted by Gasteiger charge is 2.29. The van der Waals surface area contributed by atoms with Gasteiger partial charge < -0.3 is 15.4 Å². The van der Waals surface area contributed by atoms with Crippen LogP contribution < -0.4 is 10.6 Å². The third-order valence-electron chi connectivity index (χ3n) is 4.52. The Balaban J connectivity index is 2.35. The van der Waals surface area contributed by atoms with Crippen molar-refractivity contribution in [2.45, 2.75) is 91.3 Å². The Bertz CT molecular complexity index is 338. The minimum atomic E-state index is -0.428. The number of hydrogen-bond donors (Lipinski definition) is 2. The number of rotatable bonds is 7. The maximum atomic E-state index is 11.8. The van der Waals surface area contributed by atoms with E-state index in [0.29, 0.717) is 24.5 Å². The number of carbonyl (C=O) groups is 1. The van der Waals surface area contributed by atoms with E-state index in [1.54, 1.807) is 0 Å². The van der Waals surface area contributed by atoms with Crippen molar-refractivity contribution in [1.82, 2.24) is 10.6 Å². The lowest BCUT2D eigenvalue weighted by Crippen LogP contribution is -2.44. The fraction of sp³-hybridized carbons (Fsp3) is 0.944. The van der Waals surface area contributed by atoms with Crippen molar-refractivity contribution in [3.05, 3.63) is 0 Å². The molecule has 1 amide bonds. The molecule has 4 unspecified atom stereocenters. The van der Waals surface area contributed by atoms with Gasteiger partial charge in [-0.15, -0.1) is 0 Å². The van der Waals surface area contributed by atoms with Crippen LogP contribution in [0.1, 0.15) is 73.6 Å². The molecule has 1 aliphatic rings. The Morgan fingerprint density at radius 3 is 2.55 bits per heavy atom. The summed E-state index contributed by atoms with van der Waals surface area (Å²) < 4.78 is 5.31. The van der Waals surface area contributed by atoms with Crippen LogP contribution in [0.25, 0.3) is 0 Å². The van der Waals surface area contributed by atoms with E-state index in [1.807, 2.05) is 20.8 Å². The van der Waals surface area contributed by atoms with Gasteiger partial charge in [-0.1, -0.05) is 26.7 Å². The van der Waals surface area contributed by atoms with Crippen LogP contribution in [0.5, 0.6) is 0 Å². The van der Waals surface area contributed by atoms with Crippen LogP contribution in [0.3, 0.4) is 0 Å². The lowest BCUT2D eigenvalue weighted by molar-refractivity contribution is 0.0517. The van der Waals surface area contributed by atoms with Gasteiger partial charge in [0.25, 0.3) is 0 Å². The molecule has 4 nitrogen and oxygen atoms in total. The molecule has 22 heavy (non-hydrogen) atoms. The third kappa shape index (κ3) is 7.48. The lowest BCUT2D eigenvalue weighted by atomic mass is 9.97. The largest absolute Gasteiger partial charge is 0.444 e. The van der Waals surface area contributed by atoms with Gasteiger partial charge in [0.15, 0.2) is 0 Å². The zero-order valence-electron chi connectivity index (χ0n) is 15.4. The second-order valence-corrected chi connectivity index (χ2v) is 8.00. The van der Waals surface area contributed by atoms with E-state index in [4.69, 9.17) is 4.74 Å². The monoisotopic (exact) mass is 312 g/mol. The molecule has 130 valence electrons. The van der Waals surface area contributed by atoms with E-state index in [1.165, 1.54) is 32.1 Å². The summed E-state index contributed by atoms with van der Waals surface area (Å²) in [5, 5.41) is 6.71. The molecule has 0 saturated heterocycles. The topological polar surface area (TPSA) is 50.4 Å². The van der Waals surface area contributed by atoms with Gasteiger partial charge in [0.2, 0.25) is 0 Å². The van der Waals surface area contributed by atoms with E-state index in [9.17, 15) is 4.79 Å². The number of amides is 1. The van der Waals surface area contributed by atoms with Crippen LogP contribution in [0.15, 0.2) is 0 Å². The van der Waals surface area contributed by atoms with Gasteiger partial charge >= 0.3 is 6.09 Å². The van der Waals surface area contributed by atoms with Gasteiger partial charge in [-0.25, -0.2) is 4.79 Å². The Morgan fingerprint density at radius 2 is 1.95 bits per heavy atom. The number of hydrogen-bond acceptors (Lipinski definition) is 3. The Hall–Kier alpha value is -0.770. The van der Waals surface area contributed by atoms with Crippen molar-refractivity contribution < 1.29 is 9.53 Å². The molecule has 4 atom stereocenters. The average Bonchev–Trinajstić information content (AvgIpc) is 2.81. The smallest absolute Gasteiger partial charge is 0.407 e. The van der Waals surface area contributed by atoms with Crippen molar-refractivity contribution in [1.29, 1.82) is 0 Å². The van der Waals surface area contributed by atoms with Gasteiger partial charge in [0.1, 0.15) is 5.60 Å². The normalized spacial score (nSPS) is 24.8. The highest BCUT2D eigenvalue weighted by Crippen LogP contribution is 2.26. The maximum absolute atomic E-state index is 11.8. The Morgan fingerprint density at radius 1 is 1.27 bits per heavy atom. The quantitative estimate of drug-likeness (QED) is 0.744. The lowest BCUT2D eigenvalue weighted by Gasteiger charge is -2.27. The fourth-order valence-corrected chi connectivity index (χ4v) is 3.23. The first-order chi connectivity index (χ1) is 10.2. The molecular weight excluding hydrogens is 276 g/mol. The van der Waals surface area contributed by atoms with Crippen molar-refractivity contribution in [2.24, 2.45) is 11.8 Å². The highest BCUT2D eigenvalue weighted by atomic mass is 16.6. The summed E-state index contributed by atoms with van der Waals surface area (Å²) in [5.74, 6) is 1.29. The maximum Gasteiger partial charge on any atom is 0.407 e. The van der Waals surface area contributed by atoms with Crippen LogP contribution in [-0.2, 0) is 4.74 Å². The average molecular weight is 312 g/mol. The van der Waals surface area contributed by atoms with Gasteiger partial charge in [-0.05, 0) is 58.8 Å². The summed E-state index contributed by atoms with van der Waals surface area (Å²) in [5.41, 5.74) is -0.428. The number of carbonyl (C=O) groups excluding carboxylic acids is 1. The standard InChI is InChI=1S/C18H36N2O2/c1-7-13(2)11-14(3)20-16-10-8-9-15(16)12-19-17(21)22-18(4,5)6/h13-16,20H,7-12H2,1-6H3,(H,19,21). The molecule has 1 saturated carbocycles. The Labute approximate surface area is 136 Å². The molecular formula is C18H36N2O2. The zero-order chi connectivity index (χ0) is 16.8. The van der Waals surface area contributed by atoms with Gasteiger partial charge in [-0.2, -0.15) is 0 Å². The number of ether oxygens (including phenoxy) is 1. The van der Waals surface area contributed by atoms with Crippen LogP contribution in [-0.4, -0.2) is 30.3 Å². The zero-order valence-corrected chi connectivity index (χ0v) is 15.4. The Kier molecular flexibility index (Phi) is 7.67. The SMILES string of the molecule is CCC(C)CC(C)NC1CCCC1CNC(=O)OC(C)(C)C. The highest BCUT2D eigenvalue weighted by molar-refractivity contribution is 5.67. The third-order valence-corrected chi connectivity index (χ3v) is 4.52. The van der Waals surface area contributed by atoms with Gasteiger partial charge in [-0.3, -0.25) is 0 Å². The van der Waals surface area contributed by atoms with E-state index < -0.39 is 5.60 Å². The fourth-order valence-electron chi connectivity index (χ4n) is 3.23. The van der Waals surface area contributed by atoms with Crippen molar-refractivity contribution >= 4 is 6.09 Å². The molecule has 0 aliphatic heterocycles. The second kappa shape index (κ2) is 8.76. The molecule has 4 heteroatoms. The van der Waals surface area contributed by atoms with Crippen LogP contribution in [0.2, 0.25) is 0 Å². The van der Waals surface area contributed by atoms with Crippen LogP contribution in [0.4, 0.5) is 4.79 Å². The van der Waals surface area contributed by atoms with Crippen LogP contribution >= 0.6 is 0 Å². The van der Waals surface area contributed by atoms with Crippen LogP contribution in [0, 0.1) is 11.8 Å². The first-order valence-electron chi connectivity index (χ1n) is 8.94. The summed E-state index contributed by atoms with van der Waals surface area (Å²) in [6, 6.07) is 1.07. The number of nitrogens with one attached hydrogen (secondary N) is 2. The molecule has 0 bridgehead atoms. The van der Waals surface area contributed by atoms with E-state index in [0.717, 1.165) is 5.92 Å². The molecule has 1 rings (SSSR count). The molecule has 0 heterocycles. The predicted octanol–water partition coefficient (Wildman–Crippen LogP) is 4.09. The molecule has 0 radical (unpaired) electrons. The molecule has 0 aromatic heterocycles.